The van der Waals surface area contributed by atoms with Crippen LogP contribution in [0.2, 0.25) is 0 Å². The Labute approximate surface area is 109 Å². The van der Waals surface area contributed by atoms with E-state index in [9.17, 15) is 4.79 Å². The average Bonchev–Trinajstić information content (AvgIpc) is 3.06. The van der Waals surface area contributed by atoms with Crippen molar-refractivity contribution in [3.63, 3.8) is 0 Å². The molecule has 2 aliphatic carbocycles. The van der Waals surface area contributed by atoms with Crippen LogP contribution in [0.5, 0.6) is 0 Å². The summed E-state index contributed by atoms with van der Waals surface area (Å²) in [6.45, 7) is 6.58. The van der Waals surface area contributed by atoms with Gasteiger partial charge in [-0.2, -0.15) is 0 Å². The van der Waals surface area contributed by atoms with Crippen LogP contribution in [0.25, 0.3) is 0 Å². The third kappa shape index (κ3) is 1.42. The molecular weight excluding hydrogens is 228 g/mol. The minimum Gasteiger partial charge on any atom is -0.381 e. The molecule has 2 saturated carbocycles. The Bertz CT molecular complexity index is 376. The summed E-state index contributed by atoms with van der Waals surface area (Å²) in [5, 5.41) is 3.55. The second kappa shape index (κ2) is 3.70. The molecule has 0 bridgehead atoms. The van der Waals surface area contributed by atoms with Crippen molar-refractivity contribution in [2.45, 2.75) is 70.3 Å². The number of rotatable bonds is 3. The van der Waals surface area contributed by atoms with Gasteiger partial charge in [0.05, 0.1) is 17.8 Å². The van der Waals surface area contributed by atoms with Crippen LogP contribution in [0.4, 0.5) is 0 Å². The molecule has 4 heteroatoms. The van der Waals surface area contributed by atoms with E-state index in [1.54, 1.807) is 7.11 Å². The largest absolute Gasteiger partial charge is 0.381 e. The van der Waals surface area contributed by atoms with Crippen LogP contribution in [0, 0.1) is 5.41 Å². The maximum atomic E-state index is 12.6. The van der Waals surface area contributed by atoms with Crippen molar-refractivity contribution in [1.82, 2.24) is 10.2 Å². The van der Waals surface area contributed by atoms with E-state index in [0.717, 1.165) is 25.7 Å². The number of nitrogens with one attached hydrogen (secondary N) is 1. The number of hydrogen-bond acceptors (Lipinski definition) is 3. The van der Waals surface area contributed by atoms with E-state index in [1.807, 2.05) is 0 Å². The second-order valence-electron chi connectivity index (χ2n) is 6.66. The number of hydrogen-bond donors (Lipinski definition) is 1. The van der Waals surface area contributed by atoms with Gasteiger partial charge in [0.25, 0.3) is 0 Å². The van der Waals surface area contributed by atoms with Crippen LogP contribution < -0.4 is 5.32 Å². The fourth-order valence-corrected chi connectivity index (χ4v) is 3.72. The number of carbonyl (C=O) groups excluding carboxylic acids is 1. The van der Waals surface area contributed by atoms with Gasteiger partial charge in [0.15, 0.2) is 0 Å². The van der Waals surface area contributed by atoms with E-state index in [2.05, 4.69) is 31.0 Å². The zero-order chi connectivity index (χ0) is 13.1. The minimum atomic E-state index is -0.186. The molecule has 0 aromatic heterocycles. The lowest BCUT2D eigenvalue weighted by molar-refractivity contribution is -0.162. The second-order valence-corrected chi connectivity index (χ2v) is 6.66. The molecule has 0 aromatic rings. The van der Waals surface area contributed by atoms with Crippen LogP contribution in [0.15, 0.2) is 0 Å². The van der Waals surface area contributed by atoms with E-state index in [0.29, 0.717) is 11.9 Å². The lowest BCUT2D eigenvalue weighted by Gasteiger charge is -2.55. The molecule has 3 unspecified atom stereocenters. The van der Waals surface area contributed by atoms with Gasteiger partial charge >= 0.3 is 0 Å². The Morgan fingerprint density at radius 3 is 2.56 bits per heavy atom. The van der Waals surface area contributed by atoms with E-state index in [4.69, 9.17) is 4.74 Å². The summed E-state index contributed by atoms with van der Waals surface area (Å²) in [5.41, 5.74) is -0.116. The Morgan fingerprint density at radius 2 is 2.11 bits per heavy atom. The van der Waals surface area contributed by atoms with Crippen molar-refractivity contribution < 1.29 is 9.53 Å². The van der Waals surface area contributed by atoms with Gasteiger partial charge in [-0.05, 0) is 25.7 Å². The van der Waals surface area contributed by atoms with Gasteiger partial charge in [0.1, 0.15) is 0 Å². The molecule has 1 spiro atoms. The normalized spacial score (nSPS) is 40.1. The molecule has 4 nitrogen and oxygen atoms in total. The lowest BCUT2D eigenvalue weighted by Crippen LogP contribution is -2.64. The van der Waals surface area contributed by atoms with Crippen molar-refractivity contribution in [2.24, 2.45) is 5.41 Å². The van der Waals surface area contributed by atoms with Gasteiger partial charge in [-0.25, -0.2) is 0 Å². The zero-order valence-corrected chi connectivity index (χ0v) is 11.8. The van der Waals surface area contributed by atoms with E-state index in [1.165, 1.54) is 0 Å². The summed E-state index contributed by atoms with van der Waals surface area (Å²) in [7, 11) is 1.77. The Morgan fingerprint density at radius 1 is 1.44 bits per heavy atom. The van der Waals surface area contributed by atoms with Gasteiger partial charge in [-0.15, -0.1) is 0 Å². The minimum absolute atomic E-state index is 0.0694. The molecule has 1 saturated heterocycles. The summed E-state index contributed by atoms with van der Waals surface area (Å²) in [4.78, 5) is 14.7. The highest BCUT2D eigenvalue weighted by Crippen LogP contribution is 2.51. The predicted octanol–water partition coefficient (Wildman–Crippen LogP) is 1.50. The number of nitrogens with zero attached hydrogens (tertiary/aromatic N) is 1. The Hall–Kier alpha value is -0.610. The molecular formula is C14H24N2O2. The Kier molecular flexibility index (Phi) is 2.55. The van der Waals surface area contributed by atoms with Gasteiger partial charge < -0.3 is 9.64 Å². The van der Waals surface area contributed by atoms with Crippen molar-refractivity contribution in [2.75, 3.05) is 7.11 Å². The molecule has 3 rings (SSSR count). The summed E-state index contributed by atoms with van der Waals surface area (Å²) in [6, 6.07) is 0.326. The summed E-state index contributed by atoms with van der Waals surface area (Å²) in [5.74, 6) is 0.335. The number of carbonyl (C=O) groups is 1. The number of ether oxygens (including phenoxy) is 1. The highest BCUT2D eigenvalue weighted by Gasteiger charge is 2.64. The smallest absolute Gasteiger partial charge is 0.244 e. The fraction of sp³-hybridized carbons (Fsp3) is 0.929. The first-order chi connectivity index (χ1) is 8.46. The van der Waals surface area contributed by atoms with Crippen LogP contribution in [-0.2, 0) is 9.53 Å². The molecule has 1 N–H and O–H groups in total. The average molecular weight is 252 g/mol. The van der Waals surface area contributed by atoms with E-state index >= 15 is 0 Å². The first kappa shape index (κ1) is 12.4. The van der Waals surface area contributed by atoms with E-state index in [-0.39, 0.29) is 23.2 Å². The van der Waals surface area contributed by atoms with Crippen LogP contribution in [-0.4, -0.2) is 41.8 Å². The maximum Gasteiger partial charge on any atom is 0.244 e. The SMILES string of the molecule is CCC1NC2(CC2)C(=O)N1C1CC(OC)C1(C)C. The highest BCUT2D eigenvalue weighted by molar-refractivity contribution is 5.92. The van der Waals surface area contributed by atoms with Gasteiger partial charge in [-0.3, -0.25) is 10.1 Å². The first-order valence-corrected chi connectivity index (χ1v) is 7.09. The predicted molar refractivity (Wildman–Crippen MR) is 69.0 cm³/mol. The van der Waals surface area contributed by atoms with Gasteiger partial charge in [-0.1, -0.05) is 20.8 Å². The summed E-state index contributed by atoms with van der Waals surface area (Å²) < 4.78 is 5.50. The zero-order valence-electron chi connectivity index (χ0n) is 11.8. The maximum absolute atomic E-state index is 12.6. The quantitative estimate of drug-likeness (QED) is 0.827. The number of amides is 1. The molecule has 1 amide bonds. The standard InChI is InChI=1S/C14H24N2O2/c1-5-11-15-14(6-7-14)12(17)16(11)9-8-10(18-4)13(9,2)3/h9-11,15H,5-8H2,1-4H3. The Balaban J connectivity index is 1.82. The fourth-order valence-electron chi connectivity index (χ4n) is 3.72. The molecule has 1 aliphatic heterocycles. The molecule has 102 valence electrons. The van der Waals surface area contributed by atoms with Crippen molar-refractivity contribution in [3.05, 3.63) is 0 Å². The van der Waals surface area contributed by atoms with Crippen LogP contribution >= 0.6 is 0 Å². The third-order valence-corrected chi connectivity index (χ3v) is 5.31. The molecule has 0 radical (unpaired) electrons. The third-order valence-electron chi connectivity index (χ3n) is 5.31. The topological polar surface area (TPSA) is 41.6 Å². The van der Waals surface area contributed by atoms with Crippen LogP contribution in [0.1, 0.15) is 46.5 Å². The molecule has 0 aromatic carbocycles. The molecule has 3 atom stereocenters. The summed E-state index contributed by atoms with van der Waals surface area (Å²) >= 11 is 0. The number of methoxy groups -OCH3 is 1. The van der Waals surface area contributed by atoms with Gasteiger partial charge in [0, 0.05) is 18.6 Å². The molecule has 3 fully saturated rings. The molecule has 3 aliphatic rings. The van der Waals surface area contributed by atoms with Crippen molar-refractivity contribution >= 4 is 5.91 Å². The lowest BCUT2D eigenvalue weighted by atomic mass is 9.63. The van der Waals surface area contributed by atoms with Crippen molar-refractivity contribution in [3.8, 4) is 0 Å². The van der Waals surface area contributed by atoms with Crippen molar-refractivity contribution in [1.29, 1.82) is 0 Å². The molecule has 18 heavy (non-hydrogen) atoms. The van der Waals surface area contributed by atoms with E-state index < -0.39 is 0 Å². The first-order valence-electron chi connectivity index (χ1n) is 7.09. The highest BCUT2D eigenvalue weighted by atomic mass is 16.5. The van der Waals surface area contributed by atoms with Crippen LogP contribution in [0.3, 0.4) is 0 Å². The van der Waals surface area contributed by atoms with Gasteiger partial charge in [0.2, 0.25) is 5.91 Å². The summed E-state index contributed by atoms with van der Waals surface area (Å²) in [6.07, 6.45) is 4.49. The molecule has 1 heterocycles. The monoisotopic (exact) mass is 252 g/mol.